The summed E-state index contributed by atoms with van der Waals surface area (Å²) in [6.07, 6.45) is 6.63. The number of carbonyl (C=O) groups excluding carboxylic acids is 1. The second-order valence-corrected chi connectivity index (χ2v) is 9.35. The molecule has 0 unspecified atom stereocenters. The zero-order valence-corrected chi connectivity index (χ0v) is 19.4. The number of hydrogen-bond donors (Lipinski definition) is 1. The first kappa shape index (κ1) is 22.6. The maximum absolute atomic E-state index is 13.0. The Labute approximate surface area is 200 Å². The van der Waals surface area contributed by atoms with Gasteiger partial charge in [0.1, 0.15) is 17.7 Å². The highest BCUT2D eigenvalue weighted by Gasteiger charge is 2.29. The van der Waals surface area contributed by atoms with Crippen LogP contribution in [0.3, 0.4) is 0 Å². The first-order chi connectivity index (χ1) is 16.6. The van der Waals surface area contributed by atoms with Crippen molar-refractivity contribution in [2.24, 2.45) is 0 Å². The van der Waals surface area contributed by atoms with Crippen molar-refractivity contribution in [3.05, 3.63) is 89.7 Å². The maximum atomic E-state index is 13.0. The molecule has 5 rings (SSSR count). The summed E-state index contributed by atoms with van der Waals surface area (Å²) >= 11 is 0. The average molecular weight is 459 g/mol. The van der Waals surface area contributed by atoms with Crippen molar-refractivity contribution in [3.8, 4) is 16.9 Å². The van der Waals surface area contributed by atoms with Crippen molar-refractivity contribution in [3.63, 3.8) is 0 Å². The lowest BCUT2D eigenvalue weighted by molar-refractivity contribution is 0.0493. The van der Waals surface area contributed by atoms with Crippen molar-refractivity contribution in [1.82, 2.24) is 10.2 Å². The molecule has 2 aliphatic rings. The Kier molecular flexibility index (Phi) is 6.91. The summed E-state index contributed by atoms with van der Waals surface area (Å²) in [5, 5.41) is 2.87. The van der Waals surface area contributed by atoms with E-state index in [2.05, 4.69) is 22.3 Å². The molecular weight excluding hydrogens is 427 g/mol. The number of benzene rings is 3. The van der Waals surface area contributed by atoms with Gasteiger partial charge in [0, 0.05) is 31.2 Å². The van der Waals surface area contributed by atoms with Crippen LogP contribution in [0.15, 0.2) is 72.8 Å². The largest absolute Gasteiger partial charge is 0.490 e. The fraction of sp³-hybridized carbons (Fsp3) is 0.345. The minimum absolute atomic E-state index is 0.150. The molecule has 0 bridgehead atoms. The second-order valence-electron chi connectivity index (χ2n) is 9.35. The Hall–Kier alpha value is -3.18. The first-order valence-corrected chi connectivity index (χ1v) is 12.3. The first-order valence-electron chi connectivity index (χ1n) is 12.3. The Bertz CT molecular complexity index is 1080. The molecule has 1 saturated heterocycles. The minimum atomic E-state index is -0.283. The van der Waals surface area contributed by atoms with Gasteiger partial charge in [0.05, 0.1) is 0 Å². The van der Waals surface area contributed by atoms with Crippen LogP contribution in [0.25, 0.3) is 11.1 Å². The van der Waals surface area contributed by atoms with Gasteiger partial charge in [0.15, 0.2) is 0 Å². The van der Waals surface area contributed by atoms with Gasteiger partial charge in [0.25, 0.3) is 5.91 Å². The van der Waals surface area contributed by atoms with Gasteiger partial charge >= 0.3 is 0 Å². The summed E-state index contributed by atoms with van der Waals surface area (Å²) in [6.45, 7) is 2.66. The third-order valence-corrected chi connectivity index (χ3v) is 7.07. The van der Waals surface area contributed by atoms with Crippen molar-refractivity contribution in [2.45, 2.75) is 50.8 Å². The predicted octanol–water partition coefficient (Wildman–Crippen LogP) is 5.82. The molecule has 3 aromatic carbocycles. The molecule has 0 spiro atoms. The molecule has 5 heteroatoms. The molecule has 0 radical (unpaired) electrons. The summed E-state index contributed by atoms with van der Waals surface area (Å²) in [5.41, 5.74) is 3.59. The van der Waals surface area contributed by atoms with Crippen molar-refractivity contribution in [1.29, 1.82) is 0 Å². The van der Waals surface area contributed by atoms with Gasteiger partial charge in [-0.15, -0.1) is 0 Å². The minimum Gasteiger partial charge on any atom is -0.490 e. The number of piperidine rings is 1. The van der Waals surface area contributed by atoms with Crippen LogP contribution >= 0.6 is 0 Å². The zero-order chi connectivity index (χ0) is 23.3. The summed E-state index contributed by atoms with van der Waals surface area (Å²) in [6, 6.07) is 22.8. The Morgan fingerprint density at radius 2 is 1.47 bits per heavy atom. The fourth-order valence-electron chi connectivity index (χ4n) is 4.73. The summed E-state index contributed by atoms with van der Waals surface area (Å²) < 4.78 is 19.3. The molecule has 1 amide bonds. The third kappa shape index (κ3) is 5.48. The van der Waals surface area contributed by atoms with E-state index in [1.165, 1.54) is 31.4 Å². The normalized spacial score (nSPS) is 17.2. The molecule has 1 saturated carbocycles. The molecule has 3 aromatic rings. The van der Waals surface area contributed by atoms with Crippen LogP contribution in [0, 0.1) is 5.82 Å². The summed E-state index contributed by atoms with van der Waals surface area (Å²) in [5.74, 6) is 0.486. The molecule has 1 heterocycles. The molecular formula is C29H31FN2O2. The molecule has 1 aliphatic carbocycles. The molecule has 1 aliphatic heterocycles. The van der Waals surface area contributed by atoms with Crippen molar-refractivity contribution in [2.75, 3.05) is 13.1 Å². The van der Waals surface area contributed by atoms with E-state index in [9.17, 15) is 9.18 Å². The number of likely N-dealkylation sites (tertiary alicyclic amines) is 1. The topological polar surface area (TPSA) is 41.6 Å². The number of amides is 1. The Balaban J connectivity index is 1.12. The third-order valence-electron chi connectivity index (χ3n) is 7.07. The maximum Gasteiger partial charge on any atom is 0.251 e. The van der Waals surface area contributed by atoms with Crippen LogP contribution in [-0.2, 0) is 6.54 Å². The van der Waals surface area contributed by atoms with Crippen LogP contribution < -0.4 is 10.1 Å². The van der Waals surface area contributed by atoms with E-state index in [-0.39, 0.29) is 11.7 Å². The number of hydrogen-bond acceptors (Lipinski definition) is 3. The smallest absolute Gasteiger partial charge is 0.251 e. The van der Waals surface area contributed by atoms with E-state index in [1.54, 1.807) is 12.1 Å². The standard InChI is InChI=1S/C29H31FN2O2/c30-25-12-4-21(5-13-25)20-31-29(33)24-8-6-22(7-9-24)23-10-14-27(15-11-23)34-28-16-18-32(19-17-28)26-2-1-3-26/h4-15,26,28H,1-3,16-20H2,(H,31,33). The highest BCUT2D eigenvalue weighted by molar-refractivity contribution is 5.94. The fourth-order valence-corrected chi connectivity index (χ4v) is 4.73. The van der Waals surface area contributed by atoms with E-state index in [0.29, 0.717) is 18.2 Å². The van der Waals surface area contributed by atoms with E-state index in [4.69, 9.17) is 4.74 Å². The summed E-state index contributed by atoms with van der Waals surface area (Å²) in [4.78, 5) is 15.1. The molecule has 34 heavy (non-hydrogen) atoms. The zero-order valence-electron chi connectivity index (χ0n) is 19.4. The van der Waals surface area contributed by atoms with Gasteiger partial charge in [-0.25, -0.2) is 4.39 Å². The van der Waals surface area contributed by atoms with Gasteiger partial charge < -0.3 is 15.0 Å². The SMILES string of the molecule is O=C(NCc1ccc(F)cc1)c1ccc(-c2ccc(OC3CCN(C4CCC4)CC3)cc2)cc1. The number of nitrogens with one attached hydrogen (secondary N) is 1. The highest BCUT2D eigenvalue weighted by Crippen LogP contribution is 2.29. The monoisotopic (exact) mass is 458 g/mol. The molecule has 0 atom stereocenters. The second kappa shape index (κ2) is 10.4. The van der Waals surface area contributed by atoms with Gasteiger partial charge in [-0.3, -0.25) is 4.79 Å². The quantitative estimate of drug-likeness (QED) is 0.485. The number of nitrogens with zero attached hydrogens (tertiary/aromatic N) is 1. The van der Waals surface area contributed by atoms with Crippen LogP contribution in [0.2, 0.25) is 0 Å². The van der Waals surface area contributed by atoms with E-state index < -0.39 is 0 Å². The lowest BCUT2D eigenvalue weighted by Crippen LogP contribution is -2.46. The molecule has 176 valence electrons. The van der Waals surface area contributed by atoms with E-state index in [0.717, 1.165) is 54.4 Å². The molecule has 1 N–H and O–H groups in total. The lowest BCUT2D eigenvalue weighted by atomic mass is 9.90. The number of carbonyl (C=O) groups is 1. The van der Waals surface area contributed by atoms with Crippen molar-refractivity contribution >= 4 is 5.91 Å². The van der Waals surface area contributed by atoms with Crippen LogP contribution in [0.1, 0.15) is 48.0 Å². The van der Waals surface area contributed by atoms with Crippen LogP contribution in [0.5, 0.6) is 5.75 Å². The molecule has 4 nitrogen and oxygen atoms in total. The average Bonchev–Trinajstić information content (AvgIpc) is 2.84. The van der Waals surface area contributed by atoms with Gasteiger partial charge in [-0.05, 0) is 78.8 Å². The van der Waals surface area contributed by atoms with E-state index >= 15 is 0 Å². The molecule has 0 aromatic heterocycles. The Morgan fingerprint density at radius 3 is 2.06 bits per heavy atom. The number of halogens is 1. The van der Waals surface area contributed by atoms with Crippen LogP contribution in [0.4, 0.5) is 4.39 Å². The Morgan fingerprint density at radius 1 is 0.853 bits per heavy atom. The van der Waals surface area contributed by atoms with Gasteiger partial charge in [0.2, 0.25) is 0 Å². The predicted molar refractivity (Wildman–Crippen MR) is 132 cm³/mol. The van der Waals surface area contributed by atoms with Gasteiger partial charge in [-0.2, -0.15) is 0 Å². The summed E-state index contributed by atoms with van der Waals surface area (Å²) in [7, 11) is 0. The van der Waals surface area contributed by atoms with Gasteiger partial charge in [-0.1, -0.05) is 42.8 Å². The van der Waals surface area contributed by atoms with Crippen molar-refractivity contribution < 1.29 is 13.9 Å². The molecule has 2 fully saturated rings. The number of ether oxygens (including phenoxy) is 1. The van der Waals surface area contributed by atoms with Crippen LogP contribution in [-0.4, -0.2) is 36.0 Å². The highest BCUT2D eigenvalue weighted by atomic mass is 19.1. The number of rotatable bonds is 7. The van der Waals surface area contributed by atoms with E-state index in [1.807, 2.05) is 36.4 Å². The lowest BCUT2D eigenvalue weighted by Gasteiger charge is -2.41.